The fourth-order valence-electron chi connectivity index (χ4n) is 3.99. The summed E-state index contributed by atoms with van der Waals surface area (Å²) in [7, 11) is -0.458. The zero-order valence-corrected chi connectivity index (χ0v) is 19.0. The van der Waals surface area contributed by atoms with Gasteiger partial charge in [-0.3, -0.25) is 14.5 Å². The van der Waals surface area contributed by atoms with E-state index in [4.69, 9.17) is 14.5 Å². The first-order chi connectivity index (χ1) is 12.9. The molecule has 1 heterocycles. The lowest BCUT2D eigenvalue weighted by atomic mass is 9.79. The van der Waals surface area contributed by atoms with Gasteiger partial charge in [0.05, 0.1) is 0 Å². The van der Waals surface area contributed by atoms with Gasteiger partial charge in [0.1, 0.15) is 6.10 Å². The van der Waals surface area contributed by atoms with Crippen LogP contribution in [0, 0.1) is 0 Å². The van der Waals surface area contributed by atoms with Gasteiger partial charge in [0.25, 0.3) is 0 Å². The number of likely N-dealkylation sites (tertiary alicyclic amines) is 1. The summed E-state index contributed by atoms with van der Waals surface area (Å²) in [6.07, 6.45) is 7.67. The van der Waals surface area contributed by atoms with Crippen LogP contribution in [0.4, 0.5) is 0 Å². The van der Waals surface area contributed by atoms with E-state index in [0.29, 0.717) is 12.8 Å². The number of carbonyl (C=O) groups is 2. The number of nitrogens with zero attached hydrogens (tertiary/aromatic N) is 1. The summed E-state index contributed by atoms with van der Waals surface area (Å²) in [6, 6.07) is 0. The highest BCUT2D eigenvalue weighted by Crippen LogP contribution is 2.38. The van der Waals surface area contributed by atoms with Gasteiger partial charge in [-0.05, 0) is 47.6 Å². The van der Waals surface area contributed by atoms with Crippen LogP contribution >= 0.6 is 8.60 Å². The van der Waals surface area contributed by atoms with Crippen molar-refractivity contribution in [3.63, 3.8) is 0 Å². The molecule has 164 valence electrons. The van der Waals surface area contributed by atoms with Crippen LogP contribution in [0.15, 0.2) is 0 Å². The number of hydrogen-bond acceptors (Lipinski definition) is 7. The minimum atomic E-state index is -2.59. The summed E-state index contributed by atoms with van der Waals surface area (Å²) in [6.45, 7) is 8.78. The lowest BCUT2D eigenvalue weighted by Gasteiger charge is -2.53. The van der Waals surface area contributed by atoms with E-state index in [1.807, 2.05) is 0 Å². The molecule has 1 rings (SSSR count). The summed E-state index contributed by atoms with van der Waals surface area (Å²) in [4.78, 5) is 42.8. The van der Waals surface area contributed by atoms with Crippen molar-refractivity contribution in [1.29, 1.82) is 0 Å². The van der Waals surface area contributed by atoms with Crippen molar-refractivity contribution in [2.45, 2.75) is 109 Å². The van der Waals surface area contributed by atoms with Gasteiger partial charge < -0.3 is 19.0 Å². The molecular weight excluding hydrogens is 381 g/mol. The van der Waals surface area contributed by atoms with Gasteiger partial charge in [-0.2, -0.15) is 0 Å². The standard InChI is InChI=1S/C20H38NO6P/c1-19(2)14-16(15-20(3,4)21(19)5)26-17(22)12-10-8-6-7-9-11-13-18(23)27-28(24)25/h16,24-25H,6-15H2,1-5H3. The molecule has 7 nitrogen and oxygen atoms in total. The maximum Gasteiger partial charge on any atom is 0.393 e. The minimum Gasteiger partial charge on any atom is -0.462 e. The highest BCUT2D eigenvalue weighted by molar-refractivity contribution is 7.40. The molecule has 1 aliphatic rings. The Bertz CT molecular complexity index is 491. The normalized spacial score (nSPS) is 19.6. The quantitative estimate of drug-likeness (QED) is 0.296. The number of ether oxygens (including phenoxy) is 1. The van der Waals surface area contributed by atoms with Crippen molar-refractivity contribution in [3.05, 3.63) is 0 Å². The van der Waals surface area contributed by atoms with Crippen molar-refractivity contribution < 1.29 is 28.6 Å². The van der Waals surface area contributed by atoms with Crippen LogP contribution in [0.2, 0.25) is 0 Å². The lowest BCUT2D eigenvalue weighted by molar-refractivity contribution is -0.159. The molecular formula is C20H38NO6P. The number of piperidine rings is 1. The number of rotatable bonds is 11. The van der Waals surface area contributed by atoms with Crippen LogP contribution in [-0.2, 0) is 18.8 Å². The van der Waals surface area contributed by atoms with E-state index < -0.39 is 14.6 Å². The summed E-state index contributed by atoms with van der Waals surface area (Å²) in [5.74, 6) is -0.674. The molecule has 0 radical (unpaired) electrons. The molecule has 0 atom stereocenters. The first-order valence-electron chi connectivity index (χ1n) is 10.3. The van der Waals surface area contributed by atoms with Crippen LogP contribution in [-0.4, -0.2) is 50.9 Å². The topological polar surface area (TPSA) is 96.3 Å². The molecule has 0 aliphatic carbocycles. The Labute approximate surface area is 170 Å². The largest absolute Gasteiger partial charge is 0.462 e. The molecule has 0 amide bonds. The Kier molecular flexibility index (Phi) is 10.3. The highest BCUT2D eigenvalue weighted by atomic mass is 31.2. The van der Waals surface area contributed by atoms with Crippen LogP contribution in [0.1, 0.15) is 91.9 Å². The predicted molar refractivity (Wildman–Crippen MR) is 109 cm³/mol. The Morgan fingerprint density at radius 1 is 0.893 bits per heavy atom. The van der Waals surface area contributed by atoms with Crippen LogP contribution < -0.4 is 0 Å². The fourth-order valence-corrected chi connectivity index (χ4v) is 4.26. The van der Waals surface area contributed by atoms with Crippen molar-refractivity contribution in [3.8, 4) is 0 Å². The third-order valence-corrected chi connectivity index (χ3v) is 6.13. The monoisotopic (exact) mass is 419 g/mol. The van der Waals surface area contributed by atoms with E-state index in [0.717, 1.165) is 44.9 Å². The number of unbranched alkanes of at least 4 members (excludes halogenated alkanes) is 5. The Hall–Kier alpha value is -0.750. The average molecular weight is 419 g/mol. The molecule has 1 fully saturated rings. The molecule has 0 bridgehead atoms. The summed E-state index contributed by atoms with van der Waals surface area (Å²) in [5, 5.41) is 0. The van der Waals surface area contributed by atoms with Gasteiger partial charge in [0, 0.05) is 36.8 Å². The minimum absolute atomic E-state index is 0.00933. The molecule has 0 aromatic rings. The van der Waals surface area contributed by atoms with Crippen molar-refractivity contribution >= 4 is 20.5 Å². The SMILES string of the molecule is CN1C(C)(C)CC(OC(=O)CCCCCCCCC(=O)OP(O)O)CC1(C)C. The smallest absolute Gasteiger partial charge is 0.393 e. The second-order valence-corrected chi connectivity index (χ2v) is 9.73. The van der Waals surface area contributed by atoms with E-state index in [1.54, 1.807) is 0 Å². The van der Waals surface area contributed by atoms with E-state index in [-0.39, 0.29) is 29.6 Å². The zero-order chi connectivity index (χ0) is 21.4. The molecule has 1 aliphatic heterocycles. The van der Waals surface area contributed by atoms with Crippen molar-refractivity contribution in [2.24, 2.45) is 0 Å². The predicted octanol–water partition coefficient (Wildman–Crippen LogP) is 4.06. The average Bonchev–Trinajstić information content (AvgIpc) is 2.53. The van der Waals surface area contributed by atoms with Gasteiger partial charge >= 0.3 is 20.5 Å². The third-order valence-electron chi connectivity index (χ3n) is 5.76. The molecule has 28 heavy (non-hydrogen) atoms. The summed E-state index contributed by atoms with van der Waals surface area (Å²) in [5.41, 5.74) is 0.0187. The third kappa shape index (κ3) is 9.17. The molecule has 0 spiro atoms. The Morgan fingerprint density at radius 3 is 1.79 bits per heavy atom. The molecule has 2 N–H and O–H groups in total. The maximum absolute atomic E-state index is 12.2. The molecule has 8 heteroatoms. The summed E-state index contributed by atoms with van der Waals surface area (Å²) < 4.78 is 10.1. The van der Waals surface area contributed by atoms with Gasteiger partial charge in [0.2, 0.25) is 0 Å². The maximum atomic E-state index is 12.2. The number of hydrogen-bond donors (Lipinski definition) is 2. The fraction of sp³-hybridized carbons (Fsp3) is 0.900. The second-order valence-electron chi connectivity index (χ2n) is 9.04. The van der Waals surface area contributed by atoms with Gasteiger partial charge in [-0.15, -0.1) is 0 Å². The molecule has 0 aromatic carbocycles. The van der Waals surface area contributed by atoms with Crippen LogP contribution in [0.5, 0.6) is 0 Å². The highest BCUT2D eigenvalue weighted by Gasteiger charge is 2.44. The van der Waals surface area contributed by atoms with Crippen molar-refractivity contribution in [1.82, 2.24) is 4.90 Å². The first-order valence-corrected chi connectivity index (χ1v) is 11.4. The van der Waals surface area contributed by atoms with Crippen molar-refractivity contribution in [2.75, 3.05) is 7.05 Å². The number of esters is 1. The Balaban J connectivity index is 2.12. The van der Waals surface area contributed by atoms with E-state index in [1.165, 1.54) is 0 Å². The van der Waals surface area contributed by atoms with Crippen LogP contribution in [0.25, 0.3) is 0 Å². The van der Waals surface area contributed by atoms with E-state index in [9.17, 15) is 9.59 Å². The second kappa shape index (κ2) is 11.4. The van der Waals surface area contributed by atoms with Gasteiger partial charge in [-0.1, -0.05) is 25.7 Å². The number of carbonyl (C=O) groups excluding carboxylic acids is 2. The van der Waals surface area contributed by atoms with Gasteiger partial charge in [-0.25, -0.2) is 0 Å². The first kappa shape index (κ1) is 25.3. The summed E-state index contributed by atoms with van der Waals surface area (Å²) >= 11 is 0. The molecule has 0 saturated carbocycles. The lowest BCUT2D eigenvalue weighted by Crippen LogP contribution is -2.60. The van der Waals surface area contributed by atoms with E-state index in [2.05, 4.69) is 44.2 Å². The Morgan fingerprint density at radius 2 is 1.32 bits per heavy atom. The zero-order valence-electron chi connectivity index (χ0n) is 18.1. The molecule has 1 saturated heterocycles. The molecule has 0 aromatic heterocycles. The van der Waals surface area contributed by atoms with Crippen LogP contribution in [0.3, 0.4) is 0 Å². The van der Waals surface area contributed by atoms with Gasteiger partial charge in [0.15, 0.2) is 0 Å². The van der Waals surface area contributed by atoms with E-state index >= 15 is 0 Å². The molecule has 0 unspecified atom stereocenters.